The smallest absolute Gasteiger partial charge is 0.253 e. The third-order valence-corrected chi connectivity index (χ3v) is 9.29. The quantitative estimate of drug-likeness (QED) is 0.720. The summed E-state index contributed by atoms with van der Waals surface area (Å²) in [4.78, 5) is 27.7. The van der Waals surface area contributed by atoms with E-state index in [-0.39, 0.29) is 17.1 Å². The number of benzene rings is 2. The minimum Gasteiger partial charge on any atom is -0.353 e. The fourth-order valence-electron chi connectivity index (χ4n) is 4.64. The maximum Gasteiger partial charge on any atom is 0.253 e. The van der Waals surface area contributed by atoms with E-state index in [1.807, 2.05) is 18.2 Å². The average molecular weight is 468 g/mol. The molecule has 0 aromatic heterocycles. The number of nitrogens with zero attached hydrogens (tertiary/aromatic N) is 1. The summed E-state index contributed by atoms with van der Waals surface area (Å²) in [5, 5.41) is 6.09. The van der Waals surface area contributed by atoms with Gasteiger partial charge in [-0.05, 0) is 67.5 Å². The molecule has 3 aliphatic rings. The van der Waals surface area contributed by atoms with Gasteiger partial charge < -0.3 is 15.5 Å². The molecule has 2 amide bonds. The first-order chi connectivity index (χ1) is 15.9. The first-order valence-electron chi connectivity index (χ1n) is 11.7. The normalized spacial score (nSPS) is 20.8. The topological polar surface area (TPSA) is 95.6 Å². The van der Waals surface area contributed by atoms with Gasteiger partial charge in [0.15, 0.2) is 9.84 Å². The number of amides is 2. The lowest BCUT2D eigenvalue weighted by atomic mass is 9.76. The van der Waals surface area contributed by atoms with E-state index in [4.69, 9.17) is 0 Å². The van der Waals surface area contributed by atoms with Crippen LogP contribution < -0.4 is 10.6 Å². The van der Waals surface area contributed by atoms with Crippen LogP contribution in [0.4, 0.5) is 0 Å². The van der Waals surface area contributed by atoms with Crippen LogP contribution in [-0.2, 0) is 14.6 Å². The second-order valence-electron chi connectivity index (χ2n) is 9.26. The zero-order valence-electron chi connectivity index (χ0n) is 18.5. The molecule has 0 radical (unpaired) electrons. The van der Waals surface area contributed by atoms with Crippen molar-refractivity contribution in [3.05, 3.63) is 54.1 Å². The Morgan fingerprint density at radius 3 is 2.36 bits per heavy atom. The number of carbonyl (C=O) groups is 2. The molecule has 2 aromatic rings. The van der Waals surface area contributed by atoms with Gasteiger partial charge in [0.1, 0.15) is 0 Å². The highest BCUT2D eigenvalue weighted by Crippen LogP contribution is 2.35. The van der Waals surface area contributed by atoms with Gasteiger partial charge in [0.25, 0.3) is 5.91 Å². The Morgan fingerprint density at radius 2 is 1.70 bits per heavy atom. The lowest BCUT2D eigenvalue weighted by Crippen LogP contribution is -2.61. The third-order valence-electron chi connectivity index (χ3n) is 7.03. The predicted octanol–water partition coefficient (Wildman–Crippen LogP) is 2.37. The van der Waals surface area contributed by atoms with E-state index < -0.39 is 15.4 Å². The minimum absolute atomic E-state index is 0.0401. The Balaban J connectivity index is 1.29. The molecule has 174 valence electrons. The van der Waals surface area contributed by atoms with Gasteiger partial charge in [0.05, 0.1) is 15.7 Å². The van der Waals surface area contributed by atoms with Crippen molar-refractivity contribution in [3.8, 4) is 11.1 Å². The fraction of sp³-hybridized carbons (Fsp3) is 0.440. The monoisotopic (exact) mass is 467 g/mol. The van der Waals surface area contributed by atoms with Crippen molar-refractivity contribution in [2.24, 2.45) is 0 Å². The van der Waals surface area contributed by atoms with Crippen molar-refractivity contribution in [3.63, 3.8) is 0 Å². The molecule has 2 N–H and O–H groups in total. The molecule has 1 spiro atoms. The van der Waals surface area contributed by atoms with Crippen LogP contribution in [0.25, 0.3) is 11.1 Å². The standard InChI is InChI=1S/C25H29N3O4S/c29-23(28-15-13-26-24(30)25(11-2-12-25)27-14-16-28)19-7-5-18(6-8-19)20-3-1-4-22(17-20)33(31,32)21-9-10-21/h1,3-8,17,21,27H,2,9-16H2,(H,26,30). The van der Waals surface area contributed by atoms with Crippen LogP contribution in [0.3, 0.4) is 0 Å². The van der Waals surface area contributed by atoms with E-state index >= 15 is 0 Å². The van der Waals surface area contributed by atoms with Crippen molar-refractivity contribution >= 4 is 21.7 Å². The summed E-state index contributed by atoms with van der Waals surface area (Å²) in [7, 11) is -3.25. The third kappa shape index (κ3) is 4.29. The molecule has 2 aliphatic carbocycles. The van der Waals surface area contributed by atoms with Gasteiger partial charge in [-0.1, -0.05) is 24.3 Å². The summed E-state index contributed by atoms with van der Waals surface area (Å²) in [6.07, 6.45) is 4.21. The molecule has 2 saturated carbocycles. The second kappa shape index (κ2) is 8.57. The molecule has 0 atom stereocenters. The van der Waals surface area contributed by atoms with Crippen LogP contribution in [0.1, 0.15) is 42.5 Å². The van der Waals surface area contributed by atoms with Crippen LogP contribution in [0.5, 0.6) is 0 Å². The largest absolute Gasteiger partial charge is 0.353 e. The molecular weight excluding hydrogens is 438 g/mol. The van der Waals surface area contributed by atoms with Gasteiger partial charge in [0.2, 0.25) is 5.91 Å². The summed E-state index contributed by atoms with van der Waals surface area (Å²) < 4.78 is 25.2. The fourth-order valence-corrected chi connectivity index (χ4v) is 6.35. The molecule has 8 heteroatoms. The molecule has 1 saturated heterocycles. The van der Waals surface area contributed by atoms with Crippen LogP contribution >= 0.6 is 0 Å². The number of sulfone groups is 1. The highest BCUT2D eigenvalue weighted by atomic mass is 32.2. The van der Waals surface area contributed by atoms with Gasteiger partial charge in [-0.25, -0.2) is 8.42 Å². The molecule has 0 bridgehead atoms. The first-order valence-corrected chi connectivity index (χ1v) is 13.2. The lowest BCUT2D eigenvalue weighted by molar-refractivity contribution is -0.130. The van der Waals surface area contributed by atoms with Crippen molar-refractivity contribution in [2.45, 2.75) is 47.8 Å². The molecule has 2 aromatic carbocycles. The summed E-state index contributed by atoms with van der Waals surface area (Å²) >= 11 is 0. The number of rotatable bonds is 4. The van der Waals surface area contributed by atoms with Crippen LogP contribution in [-0.4, -0.2) is 62.1 Å². The van der Waals surface area contributed by atoms with Crippen molar-refractivity contribution < 1.29 is 18.0 Å². The van der Waals surface area contributed by atoms with Crippen LogP contribution in [0.15, 0.2) is 53.4 Å². The summed E-state index contributed by atoms with van der Waals surface area (Å²) in [6, 6.07) is 14.3. The highest BCUT2D eigenvalue weighted by molar-refractivity contribution is 7.92. The van der Waals surface area contributed by atoms with E-state index in [1.54, 1.807) is 35.2 Å². The van der Waals surface area contributed by atoms with Gasteiger partial charge >= 0.3 is 0 Å². The van der Waals surface area contributed by atoms with Gasteiger partial charge in [-0.2, -0.15) is 0 Å². The molecule has 5 rings (SSSR count). The zero-order valence-corrected chi connectivity index (χ0v) is 19.4. The Morgan fingerprint density at radius 1 is 0.970 bits per heavy atom. The van der Waals surface area contributed by atoms with Crippen molar-refractivity contribution in [2.75, 3.05) is 26.2 Å². The Hall–Kier alpha value is -2.71. The first kappa shape index (κ1) is 22.1. The van der Waals surface area contributed by atoms with Crippen LogP contribution in [0, 0.1) is 0 Å². The minimum atomic E-state index is -3.25. The van der Waals surface area contributed by atoms with Crippen molar-refractivity contribution in [1.29, 1.82) is 0 Å². The number of hydrogen-bond acceptors (Lipinski definition) is 5. The van der Waals surface area contributed by atoms with Crippen LogP contribution in [0.2, 0.25) is 0 Å². The second-order valence-corrected chi connectivity index (χ2v) is 11.5. The number of hydrogen-bond donors (Lipinski definition) is 2. The number of nitrogens with one attached hydrogen (secondary N) is 2. The molecule has 3 fully saturated rings. The van der Waals surface area contributed by atoms with E-state index in [1.165, 1.54) is 0 Å². The Bertz CT molecular complexity index is 1170. The molecule has 33 heavy (non-hydrogen) atoms. The maximum atomic E-state index is 13.1. The SMILES string of the molecule is O=C(c1ccc(-c2cccc(S(=O)(=O)C3CC3)c2)cc1)N1CCNC(=O)C2(CCC2)NCC1. The zero-order chi connectivity index (χ0) is 23.1. The van der Waals surface area contributed by atoms with E-state index in [2.05, 4.69) is 10.6 Å². The highest BCUT2D eigenvalue weighted by Gasteiger charge is 2.44. The molecule has 1 heterocycles. The summed E-state index contributed by atoms with van der Waals surface area (Å²) in [5.74, 6) is -0.0365. The molecule has 1 aliphatic heterocycles. The van der Waals surface area contributed by atoms with Gasteiger partial charge in [0, 0.05) is 31.7 Å². The summed E-state index contributed by atoms with van der Waals surface area (Å²) in [6.45, 7) is 2.03. The van der Waals surface area contributed by atoms with E-state index in [9.17, 15) is 18.0 Å². The van der Waals surface area contributed by atoms with Gasteiger partial charge in [-0.3, -0.25) is 9.59 Å². The van der Waals surface area contributed by atoms with E-state index in [0.29, 0.717) is 36.6 Å². The predicted molar refractivity (Wildman–Crippen MR) is 126 cm³/mol. The average Bonchev–Trinajstić information content (AvgIpc) is 3.64. The molecule has 7 nitrogen and oxygen atoms in total. The molecule has 0 unspecified atom stereocenters. The maximum absolute atomic E-state index is 13.1. The lowest BCUT2D eigenvalue weighted by Gasteiger charge is -2.40. The van der Waals surface area contributed by atoms with Gasteiger partial charge in [-0.15, -0.1) is 0 Å². The van der Waals surface area contributed by atoms with E-state index in [0.717, 1.165) is 43.2 Å². The Labute approximate surface area is 194 Å². The molecular formula is C25H29N3O4S. The summed E-state index contributed by atoms with van der Waals surface area (Å²) in [5.41, 5.74) is 1.80. The van der Waals surface area contributed by atoms with Crippen molar-refractivity contribution in [1.82, 2.24) is 15.5 Å². The number of carbonyl (C=O) groups excluding carboxylic acids is 2. The Kier molecular flexibility index (Phi) is 5.74.